The van der Waals surface area contributed by atoms with E-state index in [1.165, 1.54) is 38.5 Å². The Labute approximate surface area is 82.1 Å². The van der Waals surface area contributed by atoms with E-state index in [1.54, 1.807) is 0 Å². The van der Waals surface area contributed by atoms with Crippen LogP contribution in [0.4, 0.5) is 0 Å². The van der Waals surface area contributed by atoms with Crippen molar-refractivity contribution < 1.29 is 0 Å². The Morgan fingerprint density at radius 1 is 1.15 bits per heavy atom. The molecule has 0 saturated heterocycles. The highest BCUT2D eigenvalue weighted by Gasteiger charge is 2.56. The Morgan fingerprint density at radius 2 is 1.77 bits per heavy atom. The molecule has 2 saturated carbocycles. The van der Waals surface area contributed by atoms with Crippen molar-refractivity contribution in [2.75, 3.05) is 0 Å². The Morgan fingerprint density at radius 3 is 2.23 bits per heavy atom. The minimum atomic E-state index is 0.259. The van der Waals surface area contributed by atoms with Gasteiger partial charge in [0.1, 0.15) is 0 Å². The van der Waals surface area contributed by atoms with Gasteiger partial charge in [-0.25, -0.2) is 0 Å². The largest absolute Gasteiger partial charge is 0.325 e. The second kappa shape index (κ2) is 3.27. The van der Waals surface area contributed by atoms with Gasteiger partial charge >= 0.3 is 0 Å². The maximum absolute atomic E-state index is 6.47. The van der Waals surface area contributed by atoms with Crippen LogP contribution in [0.5, 0.6) is 0 Å². The Balaban J connectivity index is 1.93. The van der Waals surface area contributed by atoms with E-state index in [9.17, 15) is 0 Å². The van der Waals surface area contributed by atoms with Crippen LogP contribution in [0.15, 0.2) is 0 Å². The summed E-state index contributed by atoms with van der Waals surface area (Å²) in [5.74, 6) is 2.48. The third-order valence-electron chi connectivity index (χ3n) is 4.27. The van der Waals surface area contributed by atoms with Gasteiger partial charge in [0.05, 0.1) is 0 Å². The van der Waals surface area contributed by atoms with Crippen molar-refractivity contribution in [3.8, 4) is 0 Å². The molecule has 0 aromatic rings. The van der Waals surface area contributed by atoms with Crippen LogP contribution in [0.2, 0.25) is 0 Å². The fraction of sp³-hybridized carbons (Fsp3) is 1.00. The lowest BCUT2D eigenvalue weighted by Gasteiger charge is -2.29. The molecule has 0 amide bonds. The van der Waals surface area contributed by atoms with Crippen molar-refractivity contribution >= 4 is 0 Å². The summed E-state index contributed by atoms with van der Waals surface area (Å²) < 4.78 is 0. The second-order valence-corrected chi connectivity index (χ2v) is 5.50. The Bertz CT molecular complexity index is 182. The van der Waals surface area contributed by atoms with Crippen LogP contribution in [0.1, 0.15) is 52.4 Å². The van der Waals surface area contributed by atoms with Crippen molar-refractivity contribution in [2.24, 2.45) is 23.5 Å². The standard InChI is InChI=1S/C12H23N/c1-9(2)11-8-12(11,13)10-6-4-3-5-7-10/h9-11H,3-8,13H2,1-2H3. The molecule has 0 bridgehead atoms. The minimum absolute atomic E-state index is 0.259. The highest BCUT2D eigenvalue weighted by Crippen LogP contribution is 2.54. The molecule has 2 N–H and O–H groups in total. The van der Waals surface area contributed by atoms with Gasteiger partial charge in [-0.1, -0.05) is 33.1 Å². The monoisotopic (exact) mass is 181 g/mol. The molecule has 1 nitrogen and oxygen atoms in total. The van der Waals surface area contributed by atoms with Gasteiger partial charge in [0.15, 0.2) is 0 Å². The molecule has 0 heterocycles. The smallest absolute Gasteiger partial charge is 0.0218 e. The summed E-state index contributed by atoms with van der Waals surface area (Å²) in [5.41, 5.74) is 6.72. The quantitative estimate of drug-likeness (QED) is 0.696. The fourth-order valence-corrected chi connectivity index (χ4v) is 3.29. The Hall–Kier alpha value is -0.0400. The topological polar surface area (TPSA) is 26.0 Å². The normalized spacial score (nSPS) is 41.1. The molecule has 0 aromatic heterocycles. The van der Waals surface area contributed by atoms with Crippen molar-refractivity contribution in [3.63, 3.8) is 0 Å². The molecule has 2 aliphatic rings. The maximum Gasteiger partial charge on any atom is 0.0218 e. The highest BCUT2D eigenvalue weighted by atomic mass is 14.9. The van der Waals surface area contributed by atoms with Gasteiger partial charge in [0, 0.05) is 5.54 Å². The predicted molar refractivity (Wildman–Crippen MR) is 56.4 cm³/mol. The van der Waals surface area contributed by atoms with Crippen LogP contribution >= 0.6 is 0 Å². The van der Waals surface area contributed by atoms with Crippen LogP contribution in [-0.4, -0.2) is 5.54 Å². The van der Waals surface area contributed by atoms with E-state index >= 15 is 0 Å². The van der Waals surface area contributed by atoms with Crippen molar-refractivity contribution in [1.29, 1.82) is 0 Å². The SMILES string of the molecule is CC(C)C1CC1(N)C1CCCCC1. The zero-order valence-electron chi connectivity index (χ0n) is 9.05. The lowest BCUT2D eigenvalue weighted by Crippen LogP contribution is -2.37. The van der Waals surface area contributed by atoms with Gasteiger partial charge < -0.3 is 5.73 Å². The first-order valence-electron chi connectivity index (χ1n) is 5.93. The molecule has 13 heavy (non-hydrogen) atoms. The van der Waals surface area contributed by atoms with Crippen LogP contribution in [-0.2, 0) is 0 Å². The summed E-state index contributed by atoms with van der Waals surface area (Å²) in [5, 5.41) is 0. The molecule has 0 aliphatic heterocycles. The van der Waals surface area contributed by atoms with Gasteiger partial charge in [-0.2, -0.15) is 0 Å². The number of hydrogen-bond donors (Lipinski definition) is 1. The summed E-state index contributed by atoms with van der Waals surface area (Å²) >= 11 is 0. The van der Waals surface area contributed by atoms with Gasteiger partial charge in [-0.05, 0) is 37.0 Å². The van der Waals surface area contributed by atoms with E-state index in [0.717, 1.165) is 17.8 Å². The number of hydrogen-bond acceptors (Lipinski definition) is 1. The molecule has 2 rings (SSSR count). The summed E-state index contributed by atoms with van der Waals surface area (Å²) in [6, 6.07) is 0. The molecule has 2 atom stereocenters. The van der Waals surface area contributed by atoms with E-state index in [-0.39, 0.29) is 5.54 Å². The van der Waals surface area contributed by atoms with Gasteiger partial charge in [-0.15, -0.1) is 0 Å². The van der Waals surface area contributed by atoms with Crippen LogP contribution in [0.3, 0.4) is 0 Å². The molecule has 0 aromatic carbocycles. The first kappa shape index (κ1) is 9.51. The zero-order chi connectivity index (χ0) is 9.47. The number of nitrogens with two attached hydrogens (primary N) is 1. The average Bonchev–Trinajstić information content (AvgIpc) is 2.82. The molecule has 0 radical (unpaired) electrons. The van der Waals surface area contributed by atoms with Gasteiger partial charge in [0.2, 0.25) is 0 Å². The lowest BCUT2D eigenvalue weighted by molar-refractivity contribution is 0.264. The van der Waals surface area contributed by atoms with Crippen molar-refractivity contribution in [2.45, 2.75) is 57.9 Å². The molecule has 2 unspecified atom stereocenters. The zero-order valence-corrected chi connectivity index (χ0v) is 9.05. The Kier molecular flexibility index (Phi) is 2.39. The lowest BCUT2D eigenvalue weighted by atomic mass is 9.80. The summed E-state index contributed by atoms with van der Waals surface area (Å²) in [6.07, 6.45) is 8.40. The molecule has 2 fully saturated rings. The predicted octanol–water partition coefficient (Wildman–Crippen LogP) is 2.94. The summed E-state index contributed by atoms with van der Waals surface area (Å²) in [6.45, 7) is 4.64. The molecule has 0 spiro atoms. The first-order valence-corrected chi connectivity index (χ1v) is 5.93. The molecular formula is C12H23N. The first-order chi connectivity index (χ1) is 6.14. The molecular weight excluding hydrogens is 158 g/mol. The highest BCUT2D eigenvalue weighted by molar-refractivity contribution is 5.12. The molecule has 2 aliphatic carbocycles. The van der Waals surface area contributed by atoms with E-state index < -0.39 is 0 Å². The summed E-state index contributed by atoms with van der Waals surface area (Å²) in [4.78, 5) is 0. The average molecular weight is 181 g/mol. The third-order valence-corrected chi connectivity index (χ3v) is 4.27. The van der Waals surface area contributed by atoms with E-state index in [0.29, 0.717) is 0 Å². The number of rotatable bonds is 2. The fourth-order valence-electron chi connectivity index (χ4n) is 3.29. The van der Waals surface area contributed by atoms with Crippen LogP contribution < -0.4 is 5.73 Å². The van der Waals surface area contributed by atoms with Gasteiger partial charge in [0.25, 0.3) is 0 Å². The van der Waals surface area contributed by atoms with Crippen molar-refractivity contribution in [1.82, 2.24) is 0 Å². The second-order valence-electron chi connectivity index (χ2n) is 5.50. The van der Waals surface area contributed by atoms with E-state index in [4.69, 9.17) is 5.73 Å². The van der Waals surface area contributed by atoms with Crippen LogP contribution in [0, 0.1) is 17.8 Å². The molecule has 1 heteroatoms. The van der Waals surface area contributed by atoms with Gasteiger partial charge in [-0.3, -0.25) is 0 Å². The van der Waals surface area contributed by atoms with E-state index in [1.807, 2.05) is 0 Å². The summed E-state index contributed by atoms with van der Waals surface area (Å²) in [7, 11) is 0. The maximum atomic E-state index is 6.47. The molecule has 76 valence electrons. The third kappa shape index (κ3) is 1.63. The van der Waals surface area contributed by atoms with E-state index in [2.05, 4.69) is 13.8 Å². The van der Waals surface area contributed by atoms with Crippen LogP contribution in [0.25, 0.3) is 0 Å². The minimum Gasteiger partial charge on any atom is -0.325 e. The van der Waals surface area contributed by atoms with Crippen molar-refractivity contribution in [3.05, 3.63) is 0 Å².